The Hall–Kier alpha value is -2.75. The van der Waals surface area contributed by atoms with Gasteiger partial charge in [0.15, 0.2) is 23.2 Å². The van der Waals surface area contributed by atoms with Crippen molar-refractivity contribution < 1.29 is 26.8 Å². The molecule has 0 saturated heterocycles. The first kappa shape index (κ1) is 17.1. The van der Waals surface area contributed by atoms with E-state index in [0.29, 0.717) is 5.76 Å². The minimum Gasteiger partial charge on any atom is -0.459 e. The molecule has 2 heterocycles. The van der Waals surface area contributed by atoms with Gasteiger partial charge < -0.3 is 14.2 Å². The second kappa shape index (κ2) is 7.01. The van der Waals surface area contributed by atoms with Crippen molar-refractivity contribution in [2.45, 2.75) is 17.4 Å². The maximum Gasteiger partial charge on any atom is 0.284 e. The first-order chi connectivity index (χ1) is 12.0. The van der Waals surface area contributed by atoms with Crippen LogP contribution in [0.25, 0.3) is 11.7 Å². The zero-order valence-corrected chi connectivity index (χ0v) is 13.4. The van der Waals surface area contributed by atoms with Gasteiger partial charge in [-0.15, -0.1) is 10.2 Å². The molecule has 6 nitrogen and oxygen atoms in total. The minimum atomic E-state index is -1.65. The van der Waals surface area contributed by atoms with Gasteiger partial charge in [0, 0.05) is 0 Å². The van der Waals surface area contributed by atoms with Crippen molar-refractivity contribution in [3.05, 3.63) is 48.0 Å². The van der Waals surface area contributed by atoms with Crippen LogP contribution in [0.3, 0.4) is 0 Å². The van der Waals surface area contributed by atoms with E-state index >= 15 is 0 Å². The first-order valence-corrected chi connectivity index (χ1v) is 7.82. The number of thioether (sulfide) groups is 1. The lowest BCUT2D eigenvalue weighted by atomic mass is 10.2. The fourth-order valence-electron chi connectivity index (χ4n) is 1.82. The quantitative estimate of drug-likeness (QED) is 0.543. The van der Waals surface area contributed by atoms with Gasteiger partial charge >= 0.3 is 0 Å². The number of aromatic nitrogens is 2. The summed E-state index contributed by atoms with van der Waals surface area (Å²) in [6.45, 7) is 1.51. The lowest BCUT2D eigenvalue weighted by molar-refractivity contribution is -0.115. The normalized spacial score (nSPS) is 12.2. The summed E-state index contributed by atoms with van der Waals surface area (Å²) in [5.74, 6) is -4.59. The molecule has 0 saturated carbocycles. The van der Waals surface area contributed by atoms with Gasteiger partial charge in [-0.2, -0.15) is 0 Å². The van der Waals surface area contributed by atoms with E-state index in [0.717, 1.165) is 23.9 Å². The minimum absolute atomic E-state index is 0.0970. The Balaban J connectivity index is 1.66. The molecular weight excluding hydrogens is 359 g/mol. The number of anilines is 1. The topological polar surface area (TPSA) is 81.2 Å². The summed E-state index contributed by atoms with van der Waals surface area (Å²) in [5.41, 5.74) is -0.460. The van der Waals surface area contributed by atoms with E-state index in [-0.39, 0.29) is 11.1 Å². The number of hydrogen-bond acceptors (Lipinski definition) is 6. The first-order valence-electron chi connectivity index (χ1n) is 6.94. The Kier molecular flexibility index (Phi) is 4.79. The molecule has 2 aromatic heterocycles. The van der Waals surface area contributed by atoms with Crippen LogP contribution in [-0.2, 0) is 4.79 Å². The van der Waals surface area contributed by atoms with E-state index in [9.17, 15) is 18.0 Å². The van der Waals surface area contributed by atoms with Crippen LogP contribution in [0.2, 0.25) is 0 Å². The summed E-state index contributed by atoms with van der Waals surface area (Å²) in [6.07, 6.45) is 1.44. The number of rotatable bonds is 5. The number of carbonyl (C=O) groups is 1. The lowest BCUT2D eigenvalue weighted by Crippen LogP contribution is -2.23. The van der Waals surface area contributed by atoms with E-state index in [1.807, 2.05) is 0 Å². The monoisotopic (exact) mass is 369 g/mol. The van der Waals surface area contributed by atoms with Crippen LogP contribution in [0.15, 0.2) is 44.6 Å². The number of hydrogen-bond donors (Lipinski definition) is 1. The van der Waals surface area contributed by atoms with Crippen LogP contribution in [0, 0.1) is 17.5 Å². The summed E-state index contributed by atoms with van der Waals surface area (Å²) >= 11 is 0.918. The van der Waals surface area contributed by atoms with E-state index < -0.39 is 34.3 Å². The average Bonchev–Trinajstić information content (AvgIpc) is 3.26. The summed E-state index contributed by atoms with van der Waals surface area (Å²) in [7, 11) is 0. The van der Waals surface area contributed by atoms with Crippen molar-refractivity contribution in [2.75, 3.05) is 5.32 Å². The predicted molar refractivity (Wildman–Crippen MR) is 82.3 cm³/mol. The highest BCUT2D eigenvalue weighted by Crippen LogP contribution is 2.27. The summed E-state index contributed by atoms with van der Waals surface area (Å²) < 4.78 is 50.1. The Bertz CT molecular complexity index is 899. The molecular formula is C15H10F3N3O3S. The van der Waals surface area contributed by atoms with Gasteiger partial charge in [-0.25, -0.2) is 13.2 Å². The molecule has 1 atom stereocenters. The van der Waals surface area contributed by atoms with Crippen LogP contribution >= 0.6 is 11.8 Å². The molecule has 0 radical (unpaired) electrons. The molecule has 0 spiro atoms. The molecule has 0 aliphatic carbocycles. The van der Waals surface area contributed by atoms with Crippen LogP contribution < -0.4 is 5.32 Å². The van der Waals surface area contributed by atoms with Crippen LogP contribution in [-0.4, -0.2) is 21.4 Å². The van der Waals surface area contributed by atoms with Crippen LogP contribution in [0.1, 0.15) is 6.92 Å². The van der Waals surface area contributed by atoms with Gasteiger partial charge in [0.05, 0.1) is 17.2 Å². The van der Waals surface area contributed by atoms with Gasteiger partial charge in [0.25, 0.3) is 11.1 Å². The zero-order chi connectivity index (χ0) is 18.0. The SMILES string of the molecule is C[C@H](Sc1nnc(-c2ccco2)o1)C(=O)Nc1ccc(F)c(F)c1F. The summed E-state index contributed by atoms with van der Waals surface area (Å²) in [4.78, 5) is 12.1. The number of furan rings is 1. The fourth-order valence-corrected chi connectivity index (χ4v) is 2.50. The van der Waals surface area contributed by atoms with Crippen molar-refractivity contribution in [2.24, 2.45) is 0 Å². The molecule has 0 unspecified atom stereocenters. The van der Waals surface area contributed by atoms with E-state index in [4.69, 9.17) is 8.83 Å². The van der Waals surface area contributed by atoms with Gasteiger partial charge in [-0.05, 0) is 31.2 Å². The summed E-state index contributed by atoms with van der Waals surface area (Å²) in [5, 5.41) is 9.06. The van der Waals surface area contributed by atoms with Gasteiger partial charge in [-0.1, -0.05) is 11.8 Å². The van der Waals surface area contributed by atoms with Crippen molar-refractivity contribution in [1.82, 2.24) is 10.2 Å². The zero-order valence-electron chi connectivity index (χ0n) is 12.6. The molecule has 1 amide bonds. The number of amides is 1. The van der Waals surface area contributed by atoms with Crippen molar-refractivity contribution >= 4 is 23.4 Å². The third kappa shape index (κ3) is 3.68. The van der Waals surface area contributed by atoms with Gasteiger partial charge in [0.1, 0.15) is 0 Å². The van der Waals surface area contributed by atoms with Crippen molar-refractivity contribution in [3.8, 4) is 11.7 Å². The number of benzene rings is 1. The third-order valence-electron chi connectivity index (χ3n) is 3.08. The van der Waals surface area contributed by atoms with E-state index in [2.05, 4.69) is 15.5 Å². The smallest absolute Gasteiger partial charge is 0.284 e. The Morgan fingerprint density at radius 3 is 2.72 bits per heavy atom. The highest BCUT2D eigenvalue weighted by atomic mass is 32.2. The van der Waals surface area contributed by atoms with Crippen LogP contribution in [0.4, 0.5) is 18.9 Å². The van der Waals surface area contributed by atoms with E-state index in [1.165, 1.54) is 13.2 Å². The molecule has 3 aromatic rings. The predicted octanol–water partition coefficient (Wildman–Crippen LogP) is 3.87. The number of nitrogens with zero attached hydrogens (tertiary/aromatic N) is 2. The molecule has 0 aliphatic heterocycles. The van der Waals surface area contributed by atoms with E-state index in [1.54, 1.807) is 12.1 Å². The standard InChI is InChI=1S/C15H10F3N3O3S/c1-7(13(22)19-9-5-4-8(16)11(17)12(9)18)25-15-21-20-14(24-15)10-3-2-6-23-10/h2-7H,1H3,(H,19,22)/t7-/m0/s1. The molecule has 0 bridgehead atoms. The van der Waals surface area contributed by atoms with Crippen molar-refractivity contribution in [3.63, 3.8) is 0 Å². The molecule has 0 aliphatic rings. The fraction of sp³-hybridized carbons (Fsp3) is 0.133. The summed E-state index contributed by atoms with van der Waals surface area (Å²) in [6, 6.07) is 4.94. The molecule has 0 fully saturated rings. The molecule has 1 aromatic carbocycles. The molecule has 130 valence electrons. The molecule has 10 heteroatoms. The second-order valence-corrected chi connectivity index (χ2v) is 6.11. The molecule has 25 heavy (non-hydrogen) atoms. The Morgan fingerprint density at radius 2 is 2.00 bits per heavy atom. The molecule has 3 rings (SSSR count). The maximum absolute atomic E-state index is 13.6. The second-order valence-electron chi connectivity index (χ2n) is 4.82. The number of nitrogens with one attached hydrogen (secondary N) is 1. The largest absolute Gasteiger partial charge is 0.459 e. The Labute approximate surface area is 143 Å². The molecule has 1 N–H and O–H groups in total. The third-order valence-corrected chi connectivity index (χ3v) is 4.01. The highest BCUT2D eigenvalue weighted by molar-refractivity contribution is 8.00. The van der Waals surface area contributed by atoms with Gasteiger partial charge in [0.2, 0.25) is 5.91 Å². The van der Waals surface area contributed by atoms with Crippen LogP contribution in [0.5, 0.6) is 0 Å². The maximum atomic E-state index is 13.6. The highest BCUT2D eigenvalue weighted by Gasteiger charge is 2.22. The number of carbonyl (C=O) groups excluding carboxylic acids is 1. The Morgan fingerprint density at radius 1 is 1.20 bits per heavy atom. The van der Waals surface area contributed by atoms with Crippen molar-refractivity contribution in [1.29, 1.82) is 0 Å². The average molecular weight is 369 g/mol. The lowest BCUT2D eigenvalue weighted by Gasteiger charge is -2.11. The van der Waals surface area contributed by atoms with Gasteiger partial charge in [-0.3, -0.25) is 4.79 Å². The number of halogens is 3.